The Balaban J connectivity index is 1.67. The van der Waals surface area contributed by atoms with Crippen molar-refractivity contribution in [2.24, 2.45) is 0 Å². The average molecular weight is 329 g/mol. The van der Waals surface area contributed by atoms with Gasteiger partial charge in [-0.05, 0) is 43.9 Å². The van der Waals surface area contributed by atoms with Gasteiger partial charge in [0.25, 0.3) is 0 Å². The zero-order chi connectivity index (χ0) is 16.9. The summed E-state index contributed by atoms with van der Waals surface area (Å²) in [6, 6.07) is 5.48. The zero-order valence-corrected chi connectivity index (χ0v) is 14.0. The van der Waals surface area contributed by atoms with Crippen LogP contribution < -0.4 is 10.6 Å². The third-order valence-corrected chi connectivity index (χ3v) is 4.33. The largest absolute Gasteiger partial charge is 0.445 e. The van der Waals surface area contributed by atoms with Crippen LogP contribution in [-0.4, -0.2) is 29.8 Å². The van der Waals surface area contributed by atoms with Crippen molar-refractivity contribution in [2.45, 2.75) is 45.3 Å². The van der Waals surface area contributed by atoms with Gasteiger partial charge in [0.1, 0.15) is 6.26 Å². The number of amides is 2. The van der Waals surface area contributed by atoms with Crippen LogP contribution in [0.4, 0.5) is 10.5 Å². The van der Waals surface area contributed by atoms with E-state index in [9.17, 15) is 4.79 Å². The second kappa shape index (κ2) is 7.49. The van der Waals surface area contributed by atoms with Gasteiger partial charge in [0.15, 0.2) is 0 Å². The molecule has 24 heavy (non-hydrogen) atoms. The molecule has 1 aliphatic rings. The molecule has 3 rings (SSSR count). The number of anilines is 1. The molecule has 0 radical (unpaired) electrons. The molecule has 1 fully saturated rings. The number of hydrogen-bond donors (Lipinski definition) is 2. The van der Waals surface area contributed by atoms with Gasteiger partial charge in [-0.15, -0.1) is 0 Å². The Morgan fingerprint density at radius 1 is 1.46 bits per heavy atom. The fraction of sp³-hybridized carbons (Fsp3) is 0.444. The van der Waals surface area contributed by atoms with Gasteiger partial charge in [-0.3, -0.25) is 0 Å². The van der Waals surface area contributed by atoms with Crippen LogP contribution in [-0.2, 0) is 4.74 Å². The summed E-state index contributed by atoms with van der Waals surface area (Å²) < 4.78 is 11.0. The van der Waals surface area contributed by atoms with Crippen molar-refractivity contribution in [3.05, 3.63) is 36.2 Å². The molecular formula is C18H23N3O3. The number of oxazole rings is 1. The molecule has 0 saturated carbocycles. The van der Waals surface area contributed by atoms with Crippen LogP contribution in [0.3, 0.4) is 0 Å². The van der Waals surface area contributed by atoms with Crippen LogP contribution in [0.25, 0.3) is 11.5 Å². The first-order valence-electron chi connectivity index (χ1n) is 8.37. The van der Waals surface area contributed by atoms with Gasteiger partial charge in [0.2, 0.25) is 5.89 Å². The van der Waals surface area contributed by atoms with Gasteiger partial charge in [0, 0.05) is 17.9 Å². The van der Waals surface area contributed by atoms with E-state index in [2.05, 4.69) is 22.5 Å². The summed E-state index contributed by atoms with van der Waals surface area (Å²) in [5, 5.41) is 5.90. The number of rotatable bonds is 5. The van der Waals surface area contributed by atoms with E-state index in [1.165, 1.54) is 6.26 Å². The number of hydrogen-bond acceptors (Lipinski definition) is 4. The van der Waals surface area contributed by atoms with Gasteiger partial charge in [-0.25, -0.2) is 9.78 Å². The normalized spacial score (nSPS) is 18.3. The number of aryl methyl sites for hydroxylation is 1. The van der Waals surface area contributed by atoms with Crippen molar-refractivity contribution < 1.29 is 13.9 Å². The number of aromatic nitrogens is 1. The van der Waals surface area contributed by atoms with E-state index in [0.29, 0.717) is 11.6 Å². The Morgan fingerprint density at radius 3 is 3.00 bits per heavy atom. The minimum Gasteiger partial charge on any atom is -0.445 e. The predicted octanol–water partition coefficient (Wildman–Crippen LogP) is 3.73. The third kappa shape index (κ3) is 3.76. The first-order valence-corrected chi connectivity index (χ1v) is 8.37. The second-order valence-electron chi connectivity index (χ2n) is 6.03. The molecule has 1 saturated heterocycles. The van der Waals surface area contributed by atoms with E-state index >= 15 is 0 Å². The summed E-state index contributed by atoms with van der Waals surface area (Å²) in [4.78, 5) is 16.5. The molecule has 2 N–H and O–H groups in total. The van der Waals surface area contributed by atoms with Crippen LogP contribution in [0.1, 0.15) is 31.7 Å². The summed E-state index contributed by atoms with van der Waals surface area (Å²) in [5.74, 6) is 0.544. The molecule has 0 spiro atoms. The minimum absolute atomic E-state index is 0.0316. The molecule has 2 amide bonds. The molecule has 6 nitrogen and oxygen atoms in total. The highest BCUT2D eigenvalue weighted by Gasteiger charge is 2.25. The number of nitrogens with zero attached hydrogens (tertiary/aromatic N) is 1. The van der Waals surface area contributed by atoms with E-state index in [1.807, 2.05) is 25.1 Å². The van der Waals surface area contributed by atoms with Crippen molar-refractivity contribution >= 4 is 11.7 Å². The summed E-state index contributed by atoms with van der Waals surface area (Å²) in [6.07, 6.45) is 6.15. The van der Waals surface area contributed by atoms with Crippen molar-refractivity contribution in [2.75, 3.05) is 11.9 Å². The zero-order valence-electron chi connectivity index (χ0n) is 14.0. The van der Waals surface area contributed by atoms with Gasteiger partial charge < -0.3 is 19.8 Å². The van der Waals surface area contributed by atoms with Crippen molar-refractivity contribution in [1.29, 1.82) is 0 Å². The third-order valence-electron chi connectivity index (χ3n) is 4.33. The summed E-state index contributed by atoms with van der Waals surface area (Å²) in [5.41, 5.74) is 2.60. The van der Waals surface area contributed by atoms with Crippen molar-refractivity contribution in [1.82, 2.24) is 10.3 Å². The molecule has 2 aromatic rings. The van der Waals surface area contributed by atoms with Crippen LogP contribution >= 0.6 is 0 Å². The Labute approximate surface area is 141 Å². The van der Waals surface area contributed by atoms with E-state index in [1.54, 1.807) is 6.20 Å². The van der Waals surface area contributed by atoms with Gasteiger partial charge in [-0.1, -0.05) is 13.0 Å². The van der Waals surface area contributed by atoms with Crippen molar-refractivity contribution in [3.8, 4) is 11.5 Å². The molecule has 1 aromatic heterocycles. The molecule has 1 aliphatic heterocycles. The molecule has 0 bridgehead atoms. The molecule has 0 unspecified atom stereocenters. The van der Waals surface area contributed by atoms with Crippen LogP contribution in [0.2, 0.25) is 0 Å². The lowest BCUT2D eigenvalue weighted by Gasteiger charge is -2.23. The van der Waals surface area contributed by atoms with Crippen LogP contribution in [0.15, 0.2) is 35.1 Å². The molecule has 2 heterocycles. The Bertz CT molecular complexity index is 679. The van der Waals surface area contributed by atoms with E-state index in [4.69, 9.17) is 9.15 Å². The Morgan fingerprint density at radius 2 is 2.33 bits per heavy atom. The van der Waals surface area contributed by atoms with Crippen LogP contribution in [0, 0.1) is 6.92 Å². The maximum absolute atomic E-state index is 12.3. The number of nitrogens with one attached hydrogen (secondary N) is 2. The van der Waals surface area contributed by atoms with E-state index in [0.717, 1.165) is 37.0 Å². The van der Waals surface area contributed by atoms with E-state index in [-0.39, 0.29) is 18.2 Å². The first kappa shape index (κ1) is 16.5. The first-order chi connectivity index (χ1) is 11.7. The Kier molecular flexibility index (Phi) is 5.15. The van der Waals surface area contributed by atoms with Gasteiger partial charge in [-0.2, -0.15) is 0 Å². The maximum Gasteiger partial charge on any atom is 0.319 e. The topological polar surface area (TPSA) is 76.4 Å². The minimum atomic E-state index is -0.223. The molecule has 1 aromatic carbocycles. The Hall–Kier alpha value is -2.34. The number of urea groups is 1. The quantitative estimate of drug-likeness (QED) is 0.876. The van der Waals surface area contributed by atoms with Crippen LogP contribution in [0.5, 0.6) is 0 Å². The van der Waals surface area contributed by atoms with Gasteiger partial charge >= 0.3 is 6.03 Å². The molecule has 6 heteroatoms. The molecule has 2 atom stereocenters. The number of carbonyl (C=O) groups excluding carboxylic acids is 1. The van der Waals surface area contributed by atoms with Gasteiger partial charge in [0.05, 0.1) is 18.3 Å². The highest BCUT2D eigenvalue weighted by molar-refractivity contribution is 5.90. The number of ether oxygens (including phenoxy) is 1. The average Bonchev–Trinajstić information content (AvgIpc) is 3.28. The second-order valence-corrected chi connectivity index (χ2v) is 6.03. The lowest BCUT2D eigenvalue weighted by molar-refractivity contribution is 0.0804. The number of benzene rings is 1. The summed E-state index contributed by atoms with van der Waals surface area (Å²) >= 11 is 0. The fourth-order valence-electron chi connectivity index (χ4n) is 3.00. The lowest BCUT2D eigenvalue weighted by Crippen LogP contribution is -2.44. The summed E-state index contributed by atoms with van der Waals surface area (Å²) in [7, 11) is 0. The van der Waals surface area contributed by atoms with Crippen molar-refractivity contribution in [3.63, 3.8) is 0 Å². The highest BCUT2D eigenvalue weighted by Crippen LogP contribution is 2.25. The molecule has 0 aliphatic carbocycles. The highest BCUT2D eigenvalue weighted by atomic mass is 16.5. The SMILES string of the molecule is CC[C@H](NC(=O)Nc1ccc(C)c(-c2ncco2)c1)[C@H]1CCCO1. The predicted molar refractivity (Wildman–Crippen MR) is 91.9 cm³/mol. The summed E-state index contributed by atoms with van der Waals surface area (Å²) in [6.45, 7) is 4.81. The van der Waals surface area contributed by atoms with E-state index < -0.39 is 0 Å². The monoisotopic (exact) mass is 329 g/mol. The lowest BCUT2D eigenvalue weighted by atomic mass is 10.1. The molecule has 128 valence electrons. The smallest absolute Gasteiger partial charge is 0.319 e. The molecular weight excluding hydrogens is 306 g/mol. The number of carbonyl (C=O) groups is 1. The fourth-order valence-corrected chi connectivity index (χ4v) is 3.00. The standard InChI is InChI=1S/C18H23N3O3/c1-3-15(16-5-4-9-23-16)21-18(22)20-13-7-6-12(2)14(11-13)17-19-8-10-24-17/h6-8,10-11,15-16H,3-5,9H2,1-2H3,(H2,20,21,22)/t15-,16+/m0/s1. The maximum atomic E-state index is 12.3.